The molecule has 1 atom stereocenters. The first kappa shape index (κ1) is 21.4. The van der Waals surface area contributed by atoms with E-state index in [4.69, 9.17) is 4.74 Å². The first-order valence-electron chi connectivity index (χ1n) is 11.6. The quantitative estimate of drug-likeness (QED) is 0.354. The third-order valence-electron chi connectivity index (χ3n) is 6.40. The molecule has 2 heterocycles. The van der Waals surface area contributed by atoms with Crippen molar-refractivity contribution < 1.29 is 13.9 Å². The summed E-state index contributed by atoms with van der Waals surface area (Å²) < 4.78 is 23.9. The summed E-state index contributed by atoms with van der Waals surface area (Å²) in [5.41, 5.74) is 5.54. The summed E-state index contributed by atoms with van der Waals surface area (Å²) in [5.74, 6) is -0.329. The van der Waals surface area contributed by atoms with Gasteiger partial charge in [0.05, 0.1) is 18.9 Å². The number of fused-ring (bicyclic) bond motifs is 3. The van der Waals surface area contributed by atoms with Crippen LogP contribution in [0.15, 0.2) is 61.2 Å². The zero-order valence-electron chi connectivity index (χ0n) is 19.0. The van der Waals surface area contributed by atoms with Crippen LogP contribution in [0.25, 0.3) is 16.6 Å². The summed E-state index contributed by atoms with van der Waals surface area (Å²) in [4.78, 5) is 16.6. The second kappa shape index (κ2) is 8.85. The third kappa shape index (κ3) is 4.30. The third-order valence-corrected chi connectivity index (χ3v) is 6.40. The molecule has 0 saturated carbocycles. The molecule has 4 aromatic rings. The molecular formula is C27H28FN3O2. The van der Waals surface area contributed by atoms with E-state index < -0.39 is 0 Å². The molecule has 5 rings (SSSR count). The molecule has 0 N–H and O–H groups in total. The van der Waals surface area contributed by atoms with Gasteiger partial charge in [-0.3, -0.25) is 4.79 Å². The lowest BCUT2D eigenvalue weighted by atomic mass is 9.84. The van der Waals surface area contributed by atoms with E-state index >= 15 is 0 Å². The largest absolute Gasteiger partial charge is 0.463 e. The fraction of sp³-hybridized carbons (Fsp3) is 0.333. The van der Waals surface area contributed by atoms with Gasteiger partial charge >= 0.3 is 5.97 Å². The number of esters is 1. The minimum atomic E-state index is -0.228. The van der Waals surface area contributed by atoms with Gasteiger partial charge in [-0.2, -0.15) is 0 Å². The number of imidazole rings is 1. The smallest absolute Gasteiger partial charge is 0.306 e. The van der Waals surface area contributed by atoms with Crippen molar-refractivity contribution in [3.63, 3.8) is 0 Å². The SMILES string of the molecule is CC(C)OC(=O)CC1CCCc2c1n(Cc1ccc(-n3ccnc3)cc1)c1ccc(F)cc21. The Morgan fingerprint density at radius 3 is 2.76 bits per heavy atom. The number of nitrogens with zero attached hydrogens (tertiary/aromatic N) is 3. The number of carbonyl (C=O) groups is 1. The molecule has 5 nitrogen and oxygen atoms in total. The number of aryl methyl sites for hydroxylation is 1. The molecule has 0 spiro atoms. The number of carbonyl (C=O) groups excluding carboxylic acids is 1. The van der Waals surface area contributed by atoms with Crippen LogP contribution in [0, 0.1) is 5.82 Å². The molecule has 0 bridgehead atoms. The molecule has 0 fully saturated rings. The van der Waals surface area contributed by atoms with Crippen LogP contribution in [0.1, 0.15) is 55.8 Å². The lowest BCUT2D eigenvalue weighted by Gasteiger charge is -2.25. The van der Waals surface area contributed by atoms with Gasteiger partial charge in [0, 0.05) is 47.1 Å². The van der Waals surface area contributed by atoms with Gasteiger partial charge in [-0.05, 0) is 74.6 Å². The Balaban J connectivity index is 1.53. The van der Waals surface area contributed by atoms with Crippen LogP contribution in [0.5, 0.6) is 0 Å². The molecular weight excluding hydrogens is 417 g/mol. The molecule has 33 heavy (non-hydrogen) atoms. The maximum Gasteiger partial charge on any atom is 0.306 e. The summed E-state index contributed by atoms with van der Waals surface area (Å²) in [6.07, 6.45) is 8.49. The molecule has 1 aliphatic rings. The van der Waals surface area contributed by atoms with Crippen molar-refractivity contribution in [2.24, 2.45) is 0 Å². The van der Waals surface area contributed by atoms with E-state index in [2.05, 4.69) is 33.8 Å². The second-order valence-corrected chi connectivity index (χ2v) is 9.08. The normalized spacial score (nSPS) is 15.7. The maximum atomic E-state index is 14.2. The van der Waals surface area contributed by atoms with Gasteiger partial charge in [0.1, 0.15) is 5.82 Å². The van der Waals surface area contributed by atoms with E-state index in [1.165, 1.54) is 11.6 Å². The van der Waals surface area contributed by atoms with Crippen molar-refractivity contribution >= 4 is 16.9 Å². The lowest BCUT2D eigenvalue weighted by Crippen LogP contribution is -2.20. The summed E-state index contributed by atoms with van der Waals surface area (Å²) in [5, 5.41) is 0.960. The molecule has 0 radical (unpaired) electrons. The Morgan fingerprint density at radius 1 is 1.21 bits per heavy atom. The molecule has 2 aromatic heterocycles. The van der Waals surface area contributed by atoms with Crippen molar-refractivity contribution in [3.8, 4) is 5.69 Å². The van der Waals surface area contributed by atoms with Gasteiger partial charge in [0.15, 0.2) is 0 Å². The number of ether oxygens (including phenoxy) is 1. The second-order valence-electron chi connectivity index (χ2n) is 9.08. The summed E-state index contributed by atoms with van der Waals surface area (Å²) in [7, 11) is 0. The van der Waals surface area contributed by atoms with E-state index in [-0.39, 0.29) is 23.8 Å². The monoisotopic (exact) mass is 445 g/mol. The topological polar surface area (TPSA) is 49.0 Å². The predicted molar refractivity (Wildman–Crippen MR) is 126 cm³/mol. The Hall–Kier alpha value is -3.41. The average Bonchev–Trinajstić information content (AvgIpc) is 3.42. The molecule has 1 unspecified atom stereocenters. The van der Waals surface area contributed by atoms with Gasteiger partial charge in [-0.15, -0.1) is 0 Å². The van der Waals surface area contributed by atoms with E-state index in [1.54, 1.807) is 18.6 Å². The van der Waals surface area contributed by atoms with Gasteiger partial charge in [0.2, 0.25) is 0 Å². The molecule has 0 amide bonds. The Morgan fingerprint density at radius 2 is 2.03 bits per heavy atom. The van der Waals surface area contributed by atoms with Crippen molar-refractivity contribution in [2.45, 2.75) is 58.1 Å². The molecule has 0 aliphatic heterocycles. The van der Waals surface area contributed by atoms with Crippen LogP contribution >= 0.6 is 0 Å². The van der Waals surface area contributed by atoms with Crippen LogP contribution in [0.4, 0.5) is 4.39 Å². The van der Waals surface area contributed by atoms with Gasteiger partial charge < -0.3 is 13.9 Å². The highest BCUT2D eigenvalue weighted by Crippen LogP contribution is 2.41. The van der Waals surface area contributed by atoms with E-state index in [1.807, 2.05) is 30.7 Å². The van der Waals surface area contributed by atoms with Gasteiger partial charge in [0.25, 0.3) is 0 Å². The van der Waals surface area contributed by atoms with Crippen LogP contribution in [-0.2, 0) is 22.5 Å². The Labute approximate surface area is 192 Å². The number of halogens is 1. The Kier molecular flexibility index (Phi) is 5.75. The molecule has 0 saturated heterocycles. The number of aromatic nitrogens is 3. The fourth-order valence-electron chi connectivity index (χ4n) is 5.06. The van der Waals surface area contributed by atoms with Crippen LogP contribution in [0.3, 0.4) is 0 Å². The highest BCUT2D eigenvalue weighted by atomic mass is 19.1. The summed E-state index contributed by atoms with van der Waals surface area (Å²) in [6.45, 7) is 4.41. The van der Waals surface area contributed by atoms with Crippen molar-refractivity contribution in [1.82, 2.24) is 14.1 Å². The average molecular weight is 446 g/mol. The first-order valence-corrected chi connectivity index (χ1v) is 11.6. The first-order chi connectivity index (χ1) is 16.0. The minimum Gasteiger partial charge on any atom is -0.463 e. The molecule has 1 aliphatic carbocycles. The van der Waals surface area contributed by atoms with Gasteiger partial charge in [-0.25, -0.2) is 9.37 Å². The van der Waals surface area contributed by atoms with Crippen molar-refractivity contribution in [3.05, 3.63) is 83.8 Å². The molecule has 2 aromatic carbocycles. The molecule has 6 heteroatoms. The van der Waals surface area contributed by atoms with E-state index in [9.17, 15) is 9.18 Å². The summed E-state index contributed by atoms with van der Waals surface area (Å²) >= 11 is 0. The van der Waals surface area contributed by atoms with E-state index in [0.717, 1.165) is 47.1 Å². The fourth-order valence-corrected chi connectivity index (χ4v) is 5.06. The predicted octanol–water partition coefficient (Wildman–Crippen LogP) is 5.78. The number of hydrogen-bond donors (Lipinski definition) is 0. The van der Waals surface area contributed by atoms with Crippen molar-refractivity contribution in [1.29, 1.82) is 0 Å². The zero-order chi connectivity index (χ0) is 22.9. The standard InChI is InChI=1S/C27H28FN3O2/c1-18(2)33-26(32)14-20-4-3-5-23-24-15-21(28)8-11-25(24)31(27(20)23)16-19-6-9-22(10-7-19)30-13-12-29-17-30/h6-13,15,17-18,20H,3-5,14,16H2,1-2H3. The highest BCUT2D eigenvalue weighted by molar-refractivity contribution is 5.87. The van der Waals surface area contributed by atoms with Crippen LogP contribution < -0.4 is 0 Å². The van der Waals surface area contributed by atoms with Gasteiger partial charge in [-0.1, -0.05) is 12.1 Å². The highest BCUT2D eigenvalue weighted by Gasteiger charge is 2.30. The minimum absolute atomic E-state index is 0.0701. The zero-order valence-corrected chi connectivity index (χ0v) is 19.0. The number of benzene rings is 2. The lowest BCUT2D eigenvalue weighted by molar-refractivity contribution is -0.147. The number of rotatable bonds is 6. The maximum absolute atomic E-state index is 14.2. The van der Waals surface area contributed by atoms with Crippen LogP contribution in [-0.4, -0.2) is 26.2 Å². The number of hydrogen-bond acceptors (Lipinski definition) is 3. The van der Waals surface area contributed by atoms with E-state index in [0.29, 0.717) is 13.0 Å². The van der Waals surface area contributed by atoms with Crippen LogP contribution in [0.2, 0.25) is 0 Å². The summed E-state index contributed by atoms with van der Waals surface area (Å²) in [6, 6.07) is 13.4. The van der Waals surface area contributed by atoms with Crippen molar-refractivity contribution in [2.75, 3.05) is 0 Å². The Bertz CT molecular complexity index is 1270. The molecule has 170 valence electrons.